The van der Waals surface area contributed by atoms with Crippen molar-refractivity contribution in [2.45, 2.75) is 25.9 Å². The number of hydrogen-bond donors (Lipinski definition) is 3. The Balaban J connectivity index is 0.000000497. The molecule has 2 aromatic rings. The molecular weight excluding hydrogens is 386 g/mol. The Hall–Kier alpha value is -3.25. The fourth-order valence-corrected chi connectivity index (χ4v) is 2.22. The number of methoxy groups -OCH3 is 2. The first kappa shape index (κ1) is 26.8. The second kappa shape index (κ2) is 15.6. The summed E-state index contributed by atoms with van der Waals surface area (Å²) in [6.45, 7) is 8.95. The highest BCUT2D eigenvalue weighted by molar-refractivity contribution is 5.89. The number of hydrogen-bond acceptors (Lipinski definition) is 7. The Morgan fingerprint density at radius 2 is 1.37 bits per heavy atom. The molecule has 0 saturated heterocycles. The fourth-order valence-electron chi connectivity index (χ4n) is 2.22. The van der Waals surface area contributed by atoms with Gasteiger partial charge in [-0.2, -0.15) is 0 Å². The molecule has 0 spiro atoms. The Morgan fingerprint density at radius 1 is 1.00 bits per heavy atom. The molecule has 1 unspecified atom stereocenters. The predicted octanol–water partition coefficient (Wildman–Crippen LogP) is 2.85. The van der Waals surface area contributed by atoms with Crippen molar-refractivity contribution < 1.29 is 24.3 Å². The zero-order chi connectivity index (χ0) is 22.9. The summed E-state index contributed by atoms with van der Waals surface area (Å²) >= 11 is 0. The molecule has 0 saturated carbocycles. The molecule has 0 aromatic heterocycles. The quantitative estimate of drug-likeness (QED) is 0.391. The van der Waals surface area contributed by atoms with Gasteiger partial charge in [-0.3, -0.25) is 0 Å². The average molecular weight is 415 g/mol. The van der Waals surface area contributed by atoms with E-state index in [9.17, 15) is 9.59 Å². The molecular formula is C22H29N3O5. The number of rotatable bonds is 5. The Morgan fingerprint density at radius 3 is 1.67 bits per heavy atom. The summed E-state index contributed by atoms with van der Waals surface area (Å²) in [5.74, 6) is -0.660. The third kappa shape index (κ3) is 10.9. The number of benzene rings is 2. The highest BCUT2D eigenvalue weighted by Gasteiger charge is 2.05. The summed E-state index contributed by atoms with van der Waals surface area (Å²) in [7, 11) is 4.15. The van der Waals surface area contributed by atoms with Crippen LogP contribution in [0.15, 0.2) is 48.5 Å². The first-order chi connectivity index (χ1) is 14.3. The molecule has 0 aliphatic carbocycles. The minimum absolute atomic E-state index is 0.138. The van der Waals surface area contributed by atoms with Crippen molar-refractivity contribution in [2.75, 3.05) is 21.3 Å². The van der Waals surface area contributed by atoms with Crippen LogP contribution >= 0.6 is 0 Å². The monoisotopic (exact) mass is 415 g/mol. The molecule has 4 N–H and O–H groups in total. The van der Waals surface area contributed by atoms with E-state index in [2.05, 4.69) is 14.3 Å². The maximum absolute atomic E-state index is 11.1. The van der Waals surface area contributed by atoms with Crippen LogP contribution in [-0.2, 0) is 22.4 Å². The Bertz CT molecular complexity index is 797. The van der Waals surface area contributed by atoms with Crippen molar-refractivity contribution in [1.82, 2.24) is 5.48 Å². The maximum Gasteiger partial charge on any atom is 0.337 e. The molecule has 0 bridgehead atoms. The van der Waals surface area contributed by atoms with Crippen LogP contribution in [0.3, 0.4) is 0 Å². The molecule has 0 aliphatic heterocycles. The van der Waals surface area contributed by atoms with Crippen molar-refractivity contribution in [3.05, 3.63) is 82.2 Å². The molecule has 1 atom stereocenters. The third-order valence-corrected chi connectivity index (χ3v) is 3.57. The summed E-state index contributed by atoms with van der Waals surface area (Å²) in [4.78, 5) is 25.3. The largest absolute Gasteiger partial charge is 0.465 e. The van der Waals surface area contributed by atoms with Crippen LogP contribution in [0.4, 0.5) is 0 Å². The van der Waals surface area contributed by atoms with E-state index in [0.717, 1.165) is 17.5 Å². The zero-order valence-corrected chi connectivity index (χ0v) is 17.7. The molecule has 8 nitrogen and oxygen atoms in total. The summed E-state index contributed by atoms with van der Waals surface area (Å²) in [5.41, 5.74) is 10.5. The van der Waals surface area contributed by atoms with Gasteiger partial charge in [-0.15, -0.1) is 0 Å². The van der Waals surface area contributed by atoms with Crippen LogP contribution < -0.4 is 11.2 Å². The summed E-state index contributed by atoms with van der Waals surface area (Å²) in [6.07, 6.45) is 0.821. The molecule has 30 heavy (non-hydrogen) atoms. The van der Waals surface area contributed by atoms with Gasteiger partial charge >= 0.3 is 11.9 Å². The fraction of sp³-hybridized carbons (Fsp3) is 0.318. The molecule has 2 aromatic carbocycles. The predicted molar refractivity (Wildman–Crippen MR) is 114 cm³/mol. The van der Waals surface area contributed by atoms with Gasteiger partial charge in [0, 0.05) is 18.7 Å². The molecule has 8 heteroatoms. The van der Waals surface area contributed by atoms with E-state index < -0.39 is 0 Å². The lowest BCUT2D eigenvalue weighted by atomic mass is 10.1. The minimum atomic E-state index is -0.352. The summed E-state index contributed by atoms with van der Waals surface area (Å²) < 4.78 is 9.13. The lowest BCUT2D eigenvalue weighted by Gasteiger charge is -2.05. The third-order valence-electron chi connectivity index (χ3n) is 3.57. The first-order valence-corrected chi connectivity index (χ1v) is 9.07. The second-order valence-electron chi connectivity index (χ2n) is 6.10. The van der Waals surface area contributed by atoms with E-state index in [-0.39, 0.29) is 18.0 Å². The van der Waals surface area contributed by atoms with Crippen LogP contribution in [0.25, 0.3) is 4.85 Å². The van der Waals surface area contributed by atoms with Gasteiger partial charge in [-0.1, -0.05) is 24.3 Å². The van der Waals surface area contributed by atoms with Crippen LogP contribution in [0, 0.1) is 6.57 Å². The van der Waals surface area contributed by atoms with Gasteiger partial charge in [0.1, 0.15) is 0 Å². The normalized spacial score (nSPS) is 10.2. The van der Waals surface area contributed by atoms with Crippen molar-refractivity contribution in [3.63, 3.8) is 0 Å². The van der Waals surface area contributed by atoms with Gasteiger partial charge in [0.2, 0.25) is 6.54 Å². The van der Waals surface area contributed by atoms with E-state index in [1.54, 1.807) is 41.9 Å². The van der Waals surface area contributed by atoms with Crippen molar-refractivity contribution >= 4 is 11.9 Å². The molecule has 0 fully saturated rings. The lowest BCUT2D eigenvalue weighted by molar-refractivity contribution is 0.0592. The number of carbonyl (C=O) groups excluding carboxylic acids is 2. The van der Waals surface area contributed by atoms with Gasteiger partial charge in [0.05, 0.1) is 25.3 Å². The van der Waals surface area contributed by atoms with Gasteiger partial charge in [0.15, 0.2) is 0 Å². The van der Waals surface area contributed by atoms with Gasteiger partial charge < -0.3 is 25.3 Å². The Labute approximate surface area is 177 Å². The molecule has 162 valence electrons. The van der Waals surface area contributed by atoms with Crippen LogP contribution in [0.2, 0.25) is 0 Å². The highest BCUT2D eigenvalue weighted by Crippen LogP contribution is 2.07. The molecule has 0 heterocycles. The van der Waals surface area contributed by atoms with Crippen molar-refractivity contribution in [2.24, 2.45) is 5.73 Å². The number of nitrogens with zero attached hydrogens (tertiary/aromatic N) is 1. The smallest absolute Gasteiger partial charge is 0.337 e. The molecule has 2 rings (SSSR count). The number of esters is 2. The molecule has 0 radical (unpaired) electrons. The summed E-state index contributed by atoms with van der Waals surface area (Å²) in [5, 5.41) is 7.32. The highest BCUT2D eigenvalue weighted by atomic mass is 16.5. The van der Waals surface area contributed by atoms with E-state index in [4.69, 9.17) is 17.5 Å². The van der Waals surface area contributed by atoms with Crippen molar-refractivity contribution in [3.8, 4) is 0 Å². The van der Waals surface area contributed by atoms with Crippen LogP contribution in [0.5, 0.6) is 0 Å². The minimum Gasteiger partial charge on any atom is -0.465 e. The van der Waals surface area contributed by atoms with Crippen LogP contribution in [0.1, 0.15) is 38.8 Å². The lowest BCUT2D eigenvalue weighted by Crippen LogP contribution is -2.17. The van der Waals surface area contributed by atoms with E-state index in [0.29, 0.717) is 17.7 Å². The van der Waals surface area contributed by atoms with Gasteiger partial charge in [-0.25, -0.2) is 21.6 Å². The zero-order valence-electron chi connectivity index (χ0n) is 17.7. The van der Waals surface area contributed by atoms with E-state index >= 15 is 0 Å². The SMILES string of the molecule is CNO.COC(=O)c1ccc(CC(C)N)cc1.[C-]#[N+]Cc1ccc(C(=O)OC)cc1. The molecule has 0 aliphatic rings. The first-order valence-electron chi connectivity index (χ1n) is 9.07. The number of hydroxylamine groups is 1. The maximum atomic E-state index is 11.1. The summed E-state index contributed by atoms with van der Waals surface area (Å²) in [6, 6.07) is 14.3. The van der Waals surface area contributed by atoms with Gasteiger partial charge in [-0.05, 0) is 43.2 Å². The second-order valence-corrected chi connectivity index (χ2v) is 6.10. The number of ether oxygens (including phenoxy) is 2. The standard InChI is InChI=1S/C11H15NO2.C10H9NO2.CH5NO/c1-8(12)7-9-3-5-10(6-4-9)11(13)14-2;1-11-7-8-3-5-9(6-4-8)10(12)13-2;1-2-3/h3-6,8H,7,12H2,1-2H3;3-6H,7H2,2H3;2-3H,1H3. The number of nitrogens with one attached hydrogen (secondary N) is 1. The number of carbonyl (C=O) groups is 2. The number of nitrogens with two attached hydrogens (primary N) is 1. The molecule has 0 amide bonds. The topological polar surface area (TPSA) is 115 Å². The van der Waals surface area contributed by atoms with Crippen LogP contribution in [-0.4, -0.2) is 44.5 Å². The average Bonchev–Trinajstić information content (AvgIpc) is 2.74. The van der Waals surface area contributed by atoms with E-state index in [1.165, 1.54) is 21.3 Å². The Kier molecular flexibility index (Phi) is 14.0. The van der Waals surface area contributed by atoms with E-state index in [1.807, 2.05) is 19.1 Å². The van der Waals surface area contributed by atoms with Crippen molar-refractivity contribution in [1.29, 1.82) is 0 Å². The van der Waals surface area contributed by atoms with Gasteiger partial charge in [0.25, 0.3) is 0 Å².